The normalized spacial score (nSPS) is 10.7. The molecule has 4 nitrogen and oxygen atoms in total. The largest absolute Gasteiger partial charge is 0.492 e. The summed E-state index contributed by atoms with van der Waals surface area (Å²) in [6.07, 6.45) is 0. The van der Waals surface area contributed by atoms with Crippen molar-refractivity contribution in [2.45, 2.75) is 13.8 Å². The average molecular weight is 255 g/mol. The Morgan fingerprint density at radius 3 is 2.56 bits per heavy atom. The predicted molar refractivity (Wildman–Crippen MR) is 66.6 cm³/mol. The maximum absolute atomic E-state index is 13.3. The lowest BCUT2D eigenvalue weighted by Crippen LogP contribution is -2.27. The summed E-state index contributed by atoms with van der Waals surface area (Å²) >= 11 is 0. The zero-order chi connectivity index (χ0) is 13.5. The van der Waals surface area contributed by atoms with Gasteiger partial charge < -0.3 is 14.7 Å². The zero-order valence-corrected chi connectivity index (χ0v) is 10.6. The summed E-state index contributed by atoms with van der Waals surface area (Å²) in [5.41, 5.74) is -0.342. The molecule has 0 saturated carbocycles. The van der Waals surface area contributed by atoms with Crippen molar-refractivity contribution in [2.75, 3.05) is 26.2 Å². The van der Waals surface area contributed by atoms with E-state index in [2.05, 4.69) is 18.7 Å². The second kappa shape index (κ2) is 6.96. The zero-order valence-electron chi connectivity index (χ0n) is 10.6. The first-order valence-corrected chi connectivity index (χ1v) is 5.96. The molecule has 1 N–H and O–H groups in total. The molecule has 0 amide bonds. The van der Waals surface area contributed by atoms with Gasteiger partial charge in [0.1, 0.15) is 18.2 Å². The SMILES string of the molecule is CCN(CC)CCOc1ccc(C(=O)O)c(F)c1. The molecule has 18 heavy (non-hydrogen) atoms. The van der Waals surface area contributed by atoms with Crippen LogP contribution in [0.15, 0.2) is 18.2 Å². The van der Waals surface area contributed by atoms with Gasteiger partial charge in [0.25, 0.3) is 0 Å². The minimum absolute atomic E-state index is 0.342. The number of likely N-dealkylation sites (N-methyl/N-ethyl adjacent to an activating group) is 1. The molecule has 1 aromatic rings. The van der Waals surface area contributed by atoms with E-state index in [1.807, 2.05) is 0 Å². The highest BCUT2D eigenvalue weighted by Gasteiger charge is 2.10. The summed E-state index contributed by atoms with van der Waals surface area (Å²) in [5.74, 6) is -1.70. The van der Waals surface area contributed by atoms with E-state index >= 15 is 0 Å². The highest BCUT2D eigenvalue weighted by Crippen LogP contribution is 2.16. The molecule has 0 heterocycles. The van der Waals surface area contributed by atoms with Gasteiger partial charge in [-0.05, 0) is 25.2 Å². The fourth-order valence-corrected chi connectivity index (χ4v) is 1.59. The van der Waals surface area contributed by atoms with Crippen molar-refractivity contribution < 1.29 is 19.0 Å². The van der Waals surface area contributed by atoms with Crippen LogP contribution in [0.1, 0.15) is 24.2 Å². The Morgan fingerprint density at radius 2 is 2.06 bits per heavy atom. The standard InChI is InChI=1S/C13H18FNO3/c1-3-15(4-2)7-8-18-10-5-6-11(13(16)17)12(14)9-10/h5-6,9H,3-4,7-8H2,1-2H3,(H,16,17). The summed E-state index contributed by atoms with van der Waals surface area (Å²) in [4.78, 5) is 12.8. The van der Waals surface area contributed by atoms with E-state index in [1.165, 1.54) is 12.1 Å². The van der Waals surface area contributed by atoms with Gasteiger partial charge in [0.05, 0.1) is 5.56 Å². The second-order valence-electron chi connectivity index (χ2n) is 3.82. The number of benzene rings is 1. The third-order valence-corrected chi connectivity index (χ3v) is 2.74. The molecular formula is C13H18FNO3. The van der Waals surface area contributed by atoms with Crippen LogP contribution in [-0.2, 0) is 0 Å². The predicted octanol–water partition coefficient (Wildman–Crippen LogP) is 2.24. The Hall–Kier alpha value is -1.62. The molecule has 0 fully saturated rings. The van der Waals surface area contributed by atoms with E-state index in [0.717, 1.165) is 25.7 Å². The number of ether oxygens (including phenoxy) is 1. The lowest BCUT2D eigenvalue weighted by Gasteiger charge is -2.18. The van der Waals surface area contributed by atoms with Gasteiger partial charge in [-0.25, -0.2) is 9.18 Å². The van der Waals surface area contributed by atoms with E-state index in [-0.39, 0.29) is 5.56 Å². The molecule has 0 atom stereocenters. The van der Waals surface area contributed by atoms with Gasteiger partial charge in [0.2, 0.25) is 0 Å². The van der Waals surface area contributed by atoms with E-state index < -0.39 is 11.8 Å². The first-order valence-electron chi connectivity index (χ1n) is 5.96. The Morgan fingerprint density at radius 1 is 1.39 bits per heavy atom. The maximum atomic E-state index is 13.3. The van der Waals surface area contributed by atoms with E-state index in [9.17, 15) is 9.18 Å². The quantitative estimate of drug-likeness (QED) is 0.811. The van der Waals surface area contributed by atoms with Crippen molar-refractivity contribution in [3.8, 4) is 5.75 Å². The molecule has 0 spiro atoms. The number of halogens is 1. The van der Waals surface area contributed by atoms with Crippen LogP contribution in [0.5, 0.6) is 5.75 Å². The molecule has 5 heteroatoms. The summed E-state index contributed by atoms with van der Waals surface area (Å²) in [6.45, 7) is 7.21. The van der Waals surface area contributed by atoms with Gasteiger partial charge >= 0.3 is 5.97 Å². The topological polar surface area (TPSA) is 49.8 Å². The van der Waals surface area contributed by atoms with Gasteiger partial charge in [-0.3, -0.25) is 0 Å². The molecule has 0 aliphatic heterocycles. The lowest BCUT2D eigenvalue weighted by atomic mass is 10.2. The van der Waals surface area contributed by atoms with Crippen LogP contribution in [0.3, 0.4) is 0 Å². The monoisotopic (exact) mass is 255 g/mol. The molecule has 0 aromatic heterocycles. The molecule has 0 aliphatic rings. The van der Waals surface area contributed by atoms with E-state index in [1.54, 1.807) is 0 Å². The van der Waals surface area contributed by atoms with Crippen molar-refractivity contribution >= 4 is 5.97 Å². The van der Waals surface area contributed by atoms with Crippen LogP contribution in [0, 0.1) is 5.82 Å². The maximum Gasteiger partial charge on any atom is 0.338 e. The molecule has 0 saturated heterocycles. The highest BCUT2D eigenvalue weighted by molar-refractivity contribution is 5.88. The van der Waals surface area contributed by atoms with Crippen molar-refractivity contribution in [1.82, 2.24) is 4.90 Å². The number of carboxylic acid groups (broad SMARTS) is 1. The van der Waals surface area contributed by atoms with Crippen LogP contribution >= 0.6 is 0 Å². The Labute approximate surface area is 106 Å². The number of carbonyl (C=O) groups is 1. The van der Waals surface area contributed by atoms with Gasteiger partial charge in [-0.15, -0.1) is 0 Å². The molecular weight excluding hydrogens is 237 g/mol. The minimum Gasteiger partial charge on any atom is -0.492 e. The molecule has 0 bridgehead atoms. The highest BCUT2D eigenvalue weighted by atomic mass is 19.1. The summed E-state index contributed by atoms with van der Waals surface area (Å²) in [6, 6.07) is 3.78. The molecule has 0 radical (unpaired) electrons. The van der Waals surface area contributed by atoms with Crippen molar-refractivity contribution in [3.63, 3.8) is 0 Å². The summed E-state index contributed by atoms with van der Waals surface area (Å²) < 4.78 is 18.7. The van der Waals surface area contributed by atoms with Crippen molar-refractivity contribution in [3.05, 3.63) is 29.6 Å². The third kappa shape index (κ3) is 4.00. The van der Waals surface area contributed by atoms with Crippen LogP contribution in [0.4, 0.5) is 4.39 Å². The summed E-state index contributed by atoms with van der Waals surface area (Å²) in [7, 11) is 0. The molecule has 100 valence electrons. The van der Waals surface area contributed by atoms with Crippen molar-refractivity contribution in [1.29, 1.82) is 0 Å². The molecule has 0 aliphatic carbocycles. The number of carboxylic acids is 1. The van der Waals surface area contributed by atoms with Crippen LogP contribution < -0.4 is 4.74 Å². The van der Waals surface area contributed by atoms with Crippen LogP contribution in [-0.4, -0.2) is 42.2 Å². The Balaban J connectivity index is 2.53. The lowest BCUT2D eigenvalue weighted by molar-refractivity contribution is 0.0692. The number of hydrogen-bond acceptors (Lipinski definition) is 3. The summed E-state index contributed by atoms with van der Waals surface area (Å²) in [5, 5.41) is 8.68. The smallest absolute Gasteiger partial charge is 0.338 e. The average Bonchev–Trinajstić information content (AvgIpc) is 2.34. The third-order valence-electron chi connectivity index (χ3n) is 2.74. The number of hydrogen-bond donors (Lipinski definition) is 1. The van der Waals surface area contributed by atoms with E-state index in [4.69, 9.17) is 9.84 Å². The fraction of sp³-hybridized carbons (Fsp3) is 0.462. The minimum atomic E-state index is -1.28. The number of aromatic carboxylic acids is 1. The first-order chi connectivity index (χ1) is 8.58. The molecule has 1 rings (SSSR count). The Kier molecular flexibility index (Phi) is 5.58. The first kappa shape index (κ1) is 14.4. The molecule has 0 unspecified atom stereocenters. The number of nitrogens with zero attached hydrogens (tertiary/aromatic N) is 1. The van der Waals surface area contributed by atoms with Gasteiger partial charge in [0.15, 0.2) is 0 Å². The second-order valence-corrected chi connectivity index (χ2v) is 3.82. The fourth-order valence-electron chi connectivity index (χ4n) is 1.59. The Bertz CT molecular complexity index is 405. The number of rotatable bonds is 7. The van der Waals surface area contributed by atoms with Crippen LogP contribution in [0.2, 0.25) is 0 Å². The van der Waals surface area contributed by atoms with Gasteiger partial charge in [0, 0.05) is 12.6 Å². The van der Waals surface area contributed by atoms with Gasteiger partial charge in [-0.2, -0.15) is 0 Å². The van der Waals surface area contributed by atoms with E-state index in [0.29, 0.717) is 12.4 Å². The molecule has 1 aromatic carbocycles. The van der Waals surface area contributed by atoms with Crippen LogP contribution in [0.25, 0.3) is 0 Å². The van der Waals surface area contributed by atoms with Gasteiger partial charge in [-0.1, -0.05) is 13.8 Å². The van der Waals surface area contributed by atoms with Crippen molar-refractivity contribution in [2.24, 2.45) is 0 Å².